The number of nitrogens with one attached hydrogen (secondary N) is 1. The molecule has 0 aliphatic carbocycles. The smallest absolute Gasteiger partial charge is 0.119 e. The van der Waals surface area contributed by atoms with Crippen molar-refractivity contribution in [3.63, 3.8) is 0 Å². The number of nitrogens with zero attached hydrogens (tertiary/aromatic N) is 2. The molecule has 2 rings (SSSR count). The van der Waals surface area contributed by atoms with Gasteiger partial charge < -0.3 is 15.0 Å². The molecule has 1 N–H and O–H groups in total. The van der Waals surface area contributed by atoms with Gasteiger partial charge in [0.2, 0.25) is 0 Å². The monoisotopic (exact) mass is 291 g/mol. The van der Waals surface area contributed by atoms with Crippen LogP contribution in [0.5, 0.6) is 5.75 Å². The van der Waals surface area contributed by atoms with Crippen LogP contribution in [0.15, 0.2) is 24.3 Å². The highest BCUT2D eigenvalue weighted by molar-refractivity contribution is 5.29. The lowest BCUT2D eigenvalue weighted by molar-refractivity contribution is 0.142. The Labute approximate surface area is 129 Å². The molecule has 0 radical (unpaired) electrons. The lowest BCUT2D eigenvalue weighted by Gasteiger charge is -2.35. The zero-order chi connectivity index (χ0) is 15.1. The number of hydrogen-bond donors (Lipinski definition) is 1. The van der Waals surface area contributed by atoms with E-state index in [1.807, 2.05) is 6.92 Å². The molecule has 1 heterocycles. The van der Waals surface area contributed by atoms with Crippen LogP contribution >= 0.6 is 0 Å². The second-order valence-corrected chi connectivity index (χ2v) is 5.72. The molecule has 1 aromatic carbocycles. The third-order valence-electron chi connectivity index (χ3n) is 4.08. The first-order valence-electron chi connectivity index (χ1n) is 8.10. The van der Waals surface area contributed by atoms with Crippen LogP contribution in [0.25, 0.3) is 0 Å². The van der Waals surface area contributed by atoms with Gasteiger partial charge in [0, 0.05) is 38.8 Å². The highest BCUT2D eigenvalue weighted by Gasteiger charge is 2.19. The molecule has 0 amide bonds. The Kier molecular flexibility index (Phi) is 6.49. The largest absolute Gasteiger partial charge is 0.494 e. The van der Waals surface area contributed by atoms with Crippen LogP contribution in [-0.4, -0.2) is 62.7 Å². The Hall–Kier alpha value is -1.10. The maximum absolute atomic E-state index is 5.53. The summed E-state index contributed by atoms with van der Waals surface area (Å²) in [6, 6.07) is 8.93. The van der Waals surface area contributed by atoms with Crippen molar-refractivity contribution in [1.82, 2.24) is 15.1 Å². The maximum atomic E-state index is 5.53. The van der Waals surface area contributed by atoms with Crippen LogP contribution in [-0.2, 0) is 0 Å². The van der Waals surface area contributed by atoms with Gasteiger partial charge in [0.15, 0.2) is 0 Å². The fourth-order valence-corrected chi connectivity index (χ4v) is 2.79. The minimum absolute atomic E-state index is 0.397. The number of likely N-dealkylation sites (N-methyl/N-ethyl adjacent to an activating group) is 2. The molecule has 4 nitrogen and oxygen atoms in total. The summed E-state index contributed by atoms with van der Waals surface area (Å²) >= 11 is 0. The van der Waals surface area contributed by atoms with Gasteiger partial charge in [-0.1, -0.05) is 19.1 Å². The normalized spacial score (nSPS) is 18.6. The van der Waals surface area contributed by atoms with Crippen LogP contribution in [0.3, 0.4) is 0 Å². The molecule has 0 bridgehead atoms. The average molecular weight is 291 g/mol. The Morgan fingerprint density at radius 1 is 1.10 bits per heavy atom. The molecule has 1 aliphatic heterocycles. The van der Waals surface area contributed by atoms with E-state index >= 15 is 0 Å². The summed E-state index contributed by atoms with van der Waals surface area (Å²) < 4.78 is 5.53. The SMILES string of the molecule is CCNC(CN1CCN(C)CC1)c1ccc(OCC)cc1. The molecule has 1 fully saturated rings. The Morgan fingerprint density at radius 2 is 1.76 bits per heavy atom. The zero-order valence-electron chi connectivity index (χ0n) is 13.6. The van der Waals surface area contributed by atoms with E-state index in [1.165, 1.54) is 18.7 Å². The summed E-state index contributed by atoms with van der Waals surface area (Å²) in [7, 11) is 2.20. The third-order valence-corrected chi connectivity index (χ3v) is 4.08. The summed E-state index contributed by atoms with van der Waals surface area (Å²) in [4.78, 5) is 4.96. The van der Waals surface area contributed by atoms with Crippen LogP contribution in [0.1, 0.15) is 25.5 Å². The molecule has 1 atom stereocenters. The second-order valence-electron chi connectivity index (χ2n) is 5.72. The van der Waals surface area contributed by atoms with Gasteiger partial charge in [-0.05, 0) is 38.2 Å². The number of hydrogen-bond acceptors (Lipinski definition) is 4. The standard InChI is InChI=1S/C17H29N3O/c1-4-18-17(14-20-12-10-19(3)11-13-20)15-6-8-16(9-7-15)21-5-2/h6-9,17-18H,4-5,10-14H2,1-3H3. The van der Waals surface area contributed by atoms with E-state index in [0.29, 0.717) is 6.04 Å². The van der Waals surface area contributed by atoms with Crippen molar-refractivity contribution >= 4 is 0 Å². The lowest BCUT2D eigenvalue weighted by atomic mass is 10.1. The van der Waals surface area contributed by atoms with Gasteiger partial charge in [0.1, 0.15) is 5.75 Å². The number of rotatable bonds is 7. The molecular formula is C17H29N3O. The fourth-order valence-electron chi connectivity index (χ4n) is 2.79. The van der Waals surface area contributed by atoms with E-state index < -0.39 is 0 Å². The molecular weight excluding hydrogens is 262 g/mol. The van der Waals surface area contributed by atoms with E-state index in [2.05, 4.69) is 53.4 Å². The predicted octanol–water partition coefficient (Wildman–Crippen LogP) is 1.98. The molecule has 0 saturated carbocycles. The minimum atomic E-state index is 0.397. The topological polar surface area (TPSA) is 27.7 Å². The van der Waals surface area contributed by atoms with Crippen molar-refractivity contribution in [2.45, 2.75) is 19.9 Å². The number of benzene rings is 1. The quantitative estimate of drug-likeness (QED) is 0.831. The van der Waals surface area contributed by atoms with E-state index in [1.54, 1.807) is 0 Å². The van der Waals surface area contributed by atoms with Crippen LogP contribution in [0, 0.1) is 0 Å². The van der Waals surface area contributed by atoms with Gasteiger partial charge in [-0.2, -0.15) is 0 Å². The highest BCUT2D eigenvalue weighted by Crippen LogP contribution is 2.19. The number of piperazine rings is 1. The first kappa shape index (κ1) is 16.3. The molecule has 118 valence electrons. The summed E-state index contributed by atoms with van der Waals surface area (Å²) in [5.74, 6) is 0.955. The van der Waals surface area contributed by atoms with Gasteiger partial charge in [-0.25, -0.2) is 0 Å². The van der Waals surface area contributed by atoms with Crippen molar-refractivity contribution < 1.29 is 4.74 Å². The predicted molar refractivity (Wildman–Crippen MR) is 88.0 cm³/mol. The van der Waals surface area contributed by atoms with Gasteiger partial charge in [0.25, 0.3) is 0 Å². The average Bonchev–Trinajstić information content (AvgIpc) is 2.50. The molecule has 21 heavy (non-hydrogen) atoms. The molecule has 4 heteroatoms. The maximum Gasteiger partial charge on any atom is 0.119 e. The van der Waals surface area contributed by atoms with Crippen molar-refractivity contribution in [2.75, 3.05) is 52.9 Å². The van der Waals surface area contributed by atoms with Gasteiger partial charge >= 0.3 is 0 Å². The summed E-state index contributed by atoms with van der Waals surface area (Å²) in [6.07, 6.45) is 0. The lowest BCUT2D eigenvalue weighted by Crippen LogP contribution is -2.47. The summed E-state index contributed by atoms with van der Waals surface area (Å²) in [6.45, 7) is 11.6. The molecule has 1 aliphatic rings. The highest BCUT2D eigenvalue weighted by atomic mass is 16.5. The van der Waals surface area contributed by atoms with Crippen LogP contribution in [0.4, 0.5) is 0 Å². The van der Waals surface area contributed by atoms with Crippen molar-refractivity contribution in [1.29, 1.82) is 0 Å². The zero-order valence-corrected chi connectivity index (χ0v) is 13.6. The van der Waals surface area contributed by atoms with E-state index in [9.17, 15) is 0 Å². The van der Waals surface area contributed by atoms with Crippen LogP contribution in [0.2, 0.25) is 0 Å². The third kappa shape index (κ3) is 4.99. The first-order chi connectivity index (χ1) is 10.2. The molecule has 1 saturated heterocycles. The minimum Gasteiger partial charge on any atom is -0.494 e. The molecule has 0 spiro atoms. The molecule has 1 unspecified atom stereocenters. The van der Waals surface area contributed by atoms with Gasteiger partial charge in [0.05, 0.1) is 6.61 Å². The Morgan fingerprint density at radius 3 is 2.33 bits per heavy atom. The fraction of sp³-hybridized carbons (Fsp3) is 0.647. The van der Waals surface area contributed by atoms with Crippen molar-refractivity contribution in [3.05, 3.63) is 29.8 Å². The molecule has 0 aromatic heterocycles. The van der Waals surface area contributed by atoms with Crippen molar-refractivity contribution in [3.8, 4) is 5.75 Å². The van der Waals surface area contributed by atoms with Gasteiger partial charge in [-0.15, -0.1) is 0 Å². The summed E-state index contributed by atoms with van der Waals surface area (Å²) in [5, 5.41) is 3.61. The first-order valence-corrected chi connectivity index (χ1v) is 8.10. The Bertz CT molecular complexity index is 399. The molecule has 1 aromatic rings. The van der Waals surface area contributed by atoms with Crippen LogP contribution < -0.4 is 10.1 Å². The number of ether oxygens (including phenoxy) is 1. The Balaban J connectivity index is 1.97. The van der Waals surface area contributed by atoms with Gasteiger partial charge in [-0.3, -0.25) is 4.90 Å². The van der Waals surface area contributed by atoms with Crippen molar-refractivity contribution in [2.24, 2.45) is 0 Å². The summed E-state index contributed by atoms with van der Waals surface area (Å²) in [5.41, 5.74) is 1.35. The second kappa shape index (κ2) is 8.37. The van der Waals surface area contributed by atoms with E-state index in [4.69, 9.17) is 4.74 Å². The van der Waals surface area contributed by atoms with E-state index in [-0.39, 0.29) is 0 Å². The van der Waals surface area contributed by atoms with E-state index in [0.717, 1.165) is 38.5 Å².